The molecule has 20 heavy (non-hydrogen) atoms. The van der Waals surface area contributed by atoms with E-state index < -0.39 is 6.10 Å². The minimum Gasteiger partial charge on any atom is -0.391 e. The summed E-state index contributed by atoms with van der Waals surface area (Å²) in [4.78, 5) is 2.40. The maximum atomic E-state index is 13.4. The summed E-state index contributed by atoms with van der Waals surface area (Å²) in [6.45, 7) is 8.35. The molecular weight excluding hydrogens is 253 g/mol. The van der Waals surface area contributed by atoms with Crippen molar-refractivity contribution in [1.29, 1.82) is 0 Å². The number of halogens is 1. The first-order valence-electron chi connectivity index (χ1n) is 7.65. The first kappa shape index (κ1) is 15.5. The van der Waals surface area contributed by atoms with Crippen molar-refractivity contribution in [1.82, 2.24) is 4.90 Å². The molecule has 1 fully saturated rings. The Bertz CT molecular complexity index is 456. The third kappa shape index (κ3) is 3.04. The second-order valence-electron chi connectivity index (χ2n) is 6.20. The average molecular weight is 279 g/mol. The van der Waals surface area contributed by atoms with E-state index in [1.54, 1.807) is 12.1 Å². The maximum Gasteiger partial charge on any atom is 0.123 e. The Morgan fingerprint density at radius 1 is 1.35 bits per heavy atom. The highest BCUT2D eigenvalue weighted by molar-refractivity contribution is 5.27. The van der Waals surface area contributed by atoms with Crippen LogP contribution < -0.4 is 0 Å². The first-order valence-corrected chi connectivity index (χ1v) is 7.65. The Kier molecular flexibility index (Phi) is 4.82. The molecule has 2 unspecified atom stereocenters. The van der Waals surface area contributed by atoms with Gasteiger partial charge in [-0.05, 0) is 69.5 Å². The Morgan fingerprint density at radius 2 is 2.00 bits per heavy atom. The zero-order chi connectivity index (χ0) is 14.8. The first-order chi connectivity index (χ1) is 9.47. The Balaban J connectivity index is 2.16. The number of hydrogen-bond donors (Lipinski definition) is 1. The van der Waals surface area contributed by atoms with Crippen LogP contribution >= 0.6 is 0 Å². The zero-order valence-electron chi connectivity index (χ0n) is 12.8. The van der Waals surface area contributed by atoms with Crippen LogP contribution in [0.5, 0.6) is 0 Å². The Hall–Kier alpha value is -0.930. The molecule has 0 saturated carbocycles. The van der Waals surface area contributed by atoms with Gasteiger partial charge < -0.3 is 5.11 Å². The van der Waals surface area contributed by atoms with Crippen molar-refractivity contribution in [2.75, 3.05) is 13.1 Å². The van der Waals surface area contributed by atoms with E-state index in [1.807, 2.05) is 6.92 Å². The number of likely N-dealkylation sites (tertiary alicyclic amines) is 1. The van der Waals surface area contributed by atoms with Crippen molar-refractivity contribution >= 4 is 0 Å². The van der Waals surface area contributed by atoms with Gasteiger partial charge >= 0.3 is 0 Å². The standard InChI is InChI=1S/C17H26FNO/c1-4-17(3,19-9-5-6-10-19)16(20)12-14-11-15(18)8-7-13(14)2/h7-8,11,16,20H,4-6,9-10,12H2,1-3H3. The molecule has 0 bridgehead atoms. The van der Waals surface area contributed by atoms with Crippen LogP contribution in [0.3, 0.4) is 0 Å². The van der Waals surface area contributed by atoms with Crippen LogP contribution in [0.15, 0.2) is 18.2 Å². The molecular formula is C17H26FNO. The van der Waals surface area contributed by atoms with Crippen LogP contribution in [0.2, 0.25) is 0 Å². The van der Waals surface area contributed by atoms with Crippen LogP contribution in [0.4, 0.5) is 4.39 Å². The van der Waals surface area contributed by atoms with Gasteiger partial charge in [0.1, 0.15) is 5.82 Å². The normalized spacial score (nSPS) is 20.9. The van der Waals surface area contributed by atoms with E-state index in [4.69, 9.17) is 0 Å². The summed E-state index contributed by atoms with van der Waals surface area (Å²) in [7, 11) is 0. The third-order valence-electron chi connectivity index (χ3n) is 4.99. The molecule has 1 aromatic rings. The molecule has 0 amide bonds. The molecule has 1 aliphatic rings. The topological polar surface area (TPSA) is 23.5 Å². The summed E-state index contributed by atoms with van der Waals surface area (Å²) in [5.74, 6) is -0.225. The van der Waals surface area contributed by atoms with E-state index in [0.717, 1.165) is 30.6 Å². The van der Waals surface area contributed by atoms with Gasteiger partial charge in [0.25, 0.3) is 0 Å². The highest BCUT2D eigenvalue weighted by Gasteiger charge is 2.38. The molecule has 0 aromatic heterocycles. The van der Waals surface area contributed by atoms with Crippen LogP contribution in [0.1, 0.15) is 44.2 Å². The lowest BCUT2D eigenvalue weighted by Crippen LogP contribution is -2.53. The van der Waals surface area contributed by atoms with Gasteiger partial charge in [0, 0.05) is 12.0 Å². The Labute approximate surface area is 121 Å². The summed E-state index contributed by atoms with van der Waals surface area (Å²) in [5.41, 5.74) is 1.75. The lowest BCUT2D eigenvalue weighted by atomic mass is 9.85. The van der Waals surface area contributed by atoms with Gasteiger partial charge in [-0.2, -0.15) is 0 Å². The number of benzene rings is 1. The minimum atomic E-state index is -0.467. The van der Waals surface area contributed by atoms with Crippen LogP contribution in [0, 0.1) is 12.7 Å². The van der Waals surface area contributed by atoms with E-state index >= 15 is 0 Å². The maximum absolute atomic E-state index is 13.4. The minimum absolute atomic E-state index is 0.213. The smallest absolute Gasteiger partial charge is 0.123 e. The second kappa shape index (κ2) is 6.23. The fraction of sp³-hybridized carbons (Fsp3) is 0.647. The molecule has 1 heterocycles. The summed E-state index contributed by atoms with van der Waals surface area (Å²) < 4.78 is 13.4. The largest absolute Gasteiger partial charge is 0.391 e. The number of aryl methyl sites for hydroxylation is 1. The van der Waals surface area contributed by atoms with Crippen LogP contribution in [0.25, 0.3) is 0 Å². The quantitative estimate of drug-likeness (QED) is 0.894. The zero-order valence-corrected chi connectivity index (χ0v) is 12.8. The molecule has 1 aromatic carbocycles. The number of nitrogens with zero attached hydrogens (tertiary/aromatic N) is 1. The molecule has 1 N–H and O–H groups in total. The predicted molar refractivity (Wildman–Crippen MR) is 80.4 cm³/mol. The molecule has 2 rings (SSSR count). The number of aliphatic hydroxyl groups excluding tert-OH is 1. The van der Waals surface area contributed by atoms with Gasteiger partial charge in [0.15, 0.2) is 0 Å². The van der Waals surface area contributed by atoms with Gasteiger partial charge in [0.2, 0.25) is 0 Å². The highest BCUT2D eigenvalue weighted by atomic mass is 19.1. The van der Waals surface area contributed by atoms with E-state index in [1.165, 1.54) is 18.9 Å². The summed E-state index contributed by atoms with van der Waals surface area (Å²) in [6.07, 6.45) is 3.38. The van der Waals surface area contributed by atoms with Crippen molar-refractivity contribution in [3.05, 3.63) is 35.1 Å². The van der Waals surface area contributed by atoms with E-state index in [2.05, 4.69) is 18.7 Å². The van der Waals surface area contributed by atoms with Gasteiger partial charge in [-0.1, -0.05) is 13.0 Å². The van der Waals surface area contributed by atoms with Gasteiger partial charge in [0.05, 0.1) is 6.10 Å². The van der Waals surface area contributed by atoms with E-state index in [0.29, 0.717) is 6.42 Å². The Morgan fingerprint density at radius 3 is 2.60 bits per heavy atom. The monoisotopic (exact) mass is 279 g/mol. The number of hydrogen-bond acceptors (Lipinski definition) is 2. The molecule has 2 atom stereocenters. The van der Waals surface area contributed by atoms with Crippen LogP contribution in [-0.4, -0.2) is 34.7 Å². The SMILES string of the molecule is CCC(C)(C(O)Cc1cc(F)ccc1C)N1CCCC1. The molecule has 0 aliphatic carbocycles. The molecule has 1 aliphatic heterocycles. The van der Waals surface area contributed by atoms with Crippen LogP contribution in [-0.2, 0) is 6.42 Å². The van der Waals surface area contributed by atoms with Crippen molar-refractivity contribution in [3.8, 4) is 0 Å². The molecule has 2 nitrogen and oxygen atoms in total. The third-order valence-corrected chi connectivity index (χ3v) is 4.99. The van der Waals surface area contributed by atoms with Gasteiger partial charge in [-0.25, -0.2) is 4.39 Å². The lowest BCUT2D eigenvalue weighted by Gasteiger charge is -2.42. The summed E-state index contributed by atoms with van der Waals surface area (Å²) in [5, 5.41) is 10.7. The molecule has 112 valence electrons. The van der Waals surface area contributed by atoms with Crippen molar-refractivity contribution in [2.45, 2.75) is 58.1 Å². The second-order valence-corrected chi connectivity index (χ2v) is 6.20. The fourth-order valence-electron chi connectivity index (χ4n) is 3.19. The average Bonchev–Trinajstić information content (AvgIpc) is 2.96. The van der Waals surface area contributed by atoms with E-state index in [-0.39, 0.29) is 11.4 Å². The summed E-state index contributed by atoms with van der Waals surface area (Å²) >= 11 is 0. The molecule has 0 spiro atoms. The van der Waals surface area contributed by atoms with Gasteiger partial charge in [-0.3, -0.25) is 4.90 Å². The van der Waals surface area contributed by atoms with E-state index in [9.17, 15) is 9.50 Å². The van der Waals surface area contributed by atoms with Gasteiger partial charge in [-0.15, -0.1) is 0 Å². The fourth-order valence-corrected chi connectivity index (χ4v) is 3.19. The van der Waals surface area contributed by atoms with Crippen molar-refractivity contribution in [2.24, 2.45) is 0 Å². The molecule has 1 saturated heterocycles. The highest BCUT2D eigenvalue weighted by Crippen LogP contribution is 2.30. The number of aliphatic hydroxyl groups is 1. The molecule has 0 radical (unpaired) electrons. The number of rotatable bonds is 5. The molecule has 3 heteroatoms. The predicted octanol–water partition coefficient (Wildman–Crippen LogP) is 3.30. The summed E-state index contributed by atoms with van der Waals surface area (Å²) in [6, 6.07) is 4.82. The lowest BCUT2D eigenvalue weighted by molar-refractivity contribution is -0.0118. The van der Waals surface area contributed by atoms with Crippen molar-refractivity contribution in [3.63, 3.8) is 0 Å². The van der Waals surface area contributed by atoms with Crippen molar-refractivity contribution < 1.29 is 9.50 Å².